The lowest BCUT2D eigenvalue weighted by Gasteiger charge is -2.15. The zero-order valence-electron chi connectivity index (χ0n) is 11.7. The number of benzene rings is 1. The summed E-state index contributed by atoms with van der Waals surface area (Å²) in [6, 6.07) is 8.83. The number of nitrogens with zero attached hydrogens (tertiary/aromatic N) is 2. The number of rotatable bonds is 5. The first-order chi connectivity index (χ1) is 10.0. The van der Waals surface area contributed by atoms with Gasteiger partial charge in [-0.05, 0) is 0 Å². The number of hydrogen-bond donors (Lipinski definition) is 2. The van der Waals surface area contributed by atoms with Crippen LogP contribution >= 0.6 is 0 Å². The van der Waals surface area contributed by atoms with E-state index in [1.54, 1.807) is 31.3 Å². The molecule has 0 aliphatic heterocycles. The molecule has 0 spiro atoms. The van der Waals surface area contributed by atoms with Gasteiger partial charge in [0.05, 0.1) is 6.54 Å². The number of carbonyl (C=O) groups excluding carboxylic acids is 1. The van der Waals surface area contributed by atoms with Crippen LogP contribution in [0.5, 0.6) is 0 Å². The van der Waals surface area contributed by atoms with Crippen molar-refractivity contribution in [2.24, 2.45) is 0 Å². The van der Waals surface area contributed by atoms with Crippen LogP contribution in [0.4, 0.5) is 5.82 Å². The van der Waals surface area contributed by atoms with E-state index in [1.807, 2.05) is 6.07 Å². The highest BCUT2D eigenvalue weighted by atomic mass is 16.5. The third-order valence-electron chi connectivity index (χ3n) is 2.95. The van der Waals surface area contributed by atoms with Crippen LogP contribution in [0.2, 0.25) is 0 Å². The molecule has 2 aromatic rings. The van der Waals surface area contributed by atoms with Crippen LogP contribution < -0.4 is 10.2 Å². The van der Waals surface area contributed by atoms with E-state index in [1.165, 1.54) is 11.9 Å². The molecule has 2 rings (SSSR count). The molecule has 0 fully saturated rings. The van der Waals surface area contributed by atoms with E-state index in [0.717, 1.165) is 0 Å². The third kappa shape index (κ3) is 3.02. The molecule has 2 N–H and O–H groups in total. The van der Waals surface area contributed by atoms with Gasteiger partial charge in [0.15, 0.2) is 17.1 Å². The van der Waals surface area contributed by atoms with E-state index in [4.69, 9.17) is 4.52 Å². The van der Waals surface area contributed by atoms with E-state index >= 15 is 0 Å². The Morgan fingerprint density at radius 3 is 2.57 bits per heavy atom. The Bertz CT molecular complexity index is 651. The second kappa shape index (κ2) is 6.08. The molecule has 0 saturated carbocycles. The number of carbonyl (C=O) groups is 2. The molecule has 7 heteroatoms. The fourth-order valence-corrected chi connectivity index (χ4v) is 1.89. The smallest absolute Gasteiger partial charge is 0.343 e. The van der Waals surface area contributed by atoms with Gasteiger partial charge in [0.2, 0.25) is 5.91 Å². The minimum atomic E-state index is -1.16. The van der Waals surface area contributed by atoms with Crippen LogP contribution in [0.15, 0.2) is 34.9 Å². The number of amides is 1. The SMILES string of the molecule is CNC(=O)CN(C)c1noc(-c2ccccc2)c1C(=O)O. The highest BCUT2D eigenvalue weighted by molar-refractivity contribution is 6.00. The average Bonchev–Trinajstić information content (AvgIpc) is 2.93. The lowest BCUT2D eigenvalue weighted by atomic mass is 10.1. The molecule has 7 nitrogen and oxygen atoms in total. The summed E-state index contributed by atoms with van der Waals surface area (Å²) in [5.74, 6) is -1.13. The van der Waals surface area contributed by atoms with Gasteiger partial charge >= 0.3 is 5.97 Å². The second-order valence-corrected chi connectivity index (χ2v) is 4.41. The zero-order valence-corrected chi connectivity index (χ0v) is 11.7. The van der Waals surface area contributed by atoms with E-state index < -0.39 is 5.97 Å². The molecule has 21 heavy (non-hydrogen) atoms. The molecule has 1 aromatic heterocycles. The number of carboxylic acid groups (broad SMARTS) is 1. The number of hydrogen-bond acceptors (Lipinski definition) is 5. The Morgan fingerprint density at radius 2 is 2.00 bits per heavy atom. The van der Waals surface area contributed by atoms with Crippen molar-refractivity contribution >= 4 is 17.7 Å². The summed E-state index contributed by atoms with van der Waals surface area (Å²) in [6.07, 6.45) is 0. The van der Waals surface area contributed by atoms with E-state index in [9.17, 15) is 14.7 Å². The zero-order chi connectivity index (χ0) is 15.4. The van der Waals surface area contributed by atoms with Crippen molar-refractivity contribution in [1.82, 2.24) is 10.5 Å². The van der Waals surface area contributed by atoms with Crippen LogP contribution in [-0.2, 0) is 4.79 Å². The molecule has 0 radical (unpaired) electrons. The fourth-order valence-electron chi connectivity index (χ4n) is 1.89. The van der Waals surface area contributed by atoms with Crippen molar-refractivity contribution in [2.75, 3.05) is 25.5 Å². The van der Waals surface area contributed by atoms with Crippen molar-refractivity contribution in [1.29, 1.82) is 0 Å². The van der Waals surface area contributed by atoms with Gasteiger partial charge in [0.1, 0.15) is 0 Å². The molecule has 0 aliphatic rings. The first-order valence-corrected chi connectivity index (χ1v) is 6.24. The van der Waals surface area contributed by atoms with Gasteiger partial charge in [0, 0.05) is 19.7 Å². The quantitative estimate of drug-likeness (QED) is 0.859. The van der Waals surface area contributed by atoms with Gasteiger partial charge in [0.25, 0.3) is 0 Å². The van der Waals surface area contributed by atoms with Crippen molar-refractivity contribution in [2.45, 2.75) is 0 Å². The highest BCUT2D eigenvalue weighted by Crippen LogP contribution is 2.30. The number of anilines is 1. The van der Waals surface area contributed by atoms with Gasteiger partial charge < -0.3 is 19.8 Å². The van der Waals surface area contributed by atoms with Crippen molar-refractivity contribution in [3.63, 3.8) is 0 Å². The van der Waals surface area contributed by atoms with Gasteiger partial charge in [-0.2, -0.15) is 0 Å². The molecule has 0 saturated heterocycles. The monoisotopic (exact) mass is 289 g/mol. The first kappa shape index (κ1) is 14.6. The summed E-state index contributed by atoms with van der Waals surface area (Å²) < 4.78 is 5.18. The molecule has 1 heterocycles. The van der Waals surface area contributed by atoms with Crippen LogP contribution in [0, 0.1) is 0 Å². The van der Waals surface area contributed by atoms with Gasteiger partial charge in [-0.15, -0.1) is 0 Å². The van der Waals surface area contributed by atoms with Crippen LogP contribution in [0.1, 0.15) is 10.4 Å². The average molecular weight is 289 g/mol. The van der Waals surface area contributed by atoms with Crippen LogP contribution in [0.25, 0.3) is 11.3 Å². The Hall–Kier alpha value is -2.83. The molecular weight excluding hydrogens is 274 g/mol. The topological polar surface area (TPSA) is 95.7 Å². The number of aromatic nitrogens is 1. The van der Waals surface area contributed by atoms with Crippen molar-refractivity contribution < 1.29 is 19.2 Å². The minimum absolute atomic E-state index is 0.0163. The van der Waals surface area contributed by atoms with Gasteiger partial charge in [-0.1, -0.05) is 35.5 Å². The maximum Gasteiger partial charge on any atom is 0.343 e. The summed E-state index contributed by atoms with van der Waals surface area (Å²) in [6.45, 7) is -0.0163. The summed E-state index contributed by atoms with van der Waals surface area (Å²) in [5.41, 5.74) is 0.551. The Morgan fingerprint density at radius 1 is 1.33 bits per heavy atom. The van der Waals surface area contributed by atoms with Gasteiger partial charge in [-0.25, -0.2) is 4.79 Å². The molecule has 1 aromatic carbocycles. The lowest BCUT2D eigenvalue weighted by molar-refractivity contribution is -0.119. The Labute approximate surface area is 121 Å². The number of carboxylic acids is 1. The third-order valence-corrected chi connectivity index (χ3v) is 2.95. The largest absolute Gasteiger partial charge is 0.477 e. The predicted molar refractivity (Wildman–Crippen MR) is 76.2 cm³/mol. The molecule has 110 valence electrons. The molecule has 0 aliphatic carbocycles. The number of aromatic carboxylic acids is 1. The Balaban J connectivity index is 2.42. The normalized spacial score (nSPS) is 10.2. The lowest BCUT2D eigenvalue weighted by Crippen LogP contribution is -2.33. The summed E-state index contributed by atoms with van der Waals surface area (Å²) in [7, 11) is 3.08. The van der Waals surface area contributed by atoms with Gasteiger partial charge in [-0.3, -0.25) is 4.79 Å². The van der Waals surface area contributed by atoms with E-state index in [0.29, 0.717) is 5.56 Å². The summed E-state index contributed by atoms with van der Waals surface area (Å²) in [5, 5.41) is 15.7. The molecule has 0 atom stereocenters. The standard InChI is InChI=1S/C14H15N3O4/c1-15-10(18)8-17(2)13-11(14(19)20)12(21-16-13)9-6-4-3-5-7-9/h3-7H,8H2,1-2H3,(H,15,18)(H,19,20). The van der Waals surface area contributed by atoms with Crippen LogP contribution in [0.3, 0.4) is 0 Å². The van der Waals surface area contributed by atoms with Crippen molar-refractivity contribution in [3.05, 3.63) is 35.9 Å². The maximum absolute atomic E-state index is 11.5. The fraction of sp³-hybridized carbons (Fsp3) is 0.214. The minimum Gasteiger partial charge on any atom is -0.477 e. The molecule has 1 amide bonds. The predicted octanol–water partition coefficient (Wildman–Crippen LogP) is 1.22. The van der Waals surface area contributed by atoms with Crippen LogP contribution in [-0.4, -0.2) is 42.8 Å². The first-order valence-electron chi connectivity index (χ1n) is 6.24. The summed E-state index contributed by atoms with van der Waals surface area (Å²) >= 11 is 0. The number of likely N-dealkylation sites (N-methyl/N-ethyl adjacent to an activating group) is 2. The summed E-state index contributed by atoms with van der Waals surface area (Å²) in [4.78, 5) is 24.3. The highest BCUT2D eigenvalue weighted by Gasteiger charge is 2.26. The maximum atomic E-state index is 11.5. The van der Waals surface area contributed by atoms with Crippen molar-refractivity contribution in [3.8, 4) is 11.3 Å². The molecule has 0 unspecified atom stereocenters. The van der Waals surface area contributed by atoms with E-state index in [2.05, 4.69) is 10.5 Å². The molecule has 0 bridgehead atoms. The van der Waals surface area contributed by atoms with E-state index in [-0.39, 0.29) is 29.6 Å². The number of nitrogens with one attached hydrogen (secondary N) is 1. The second-order valence-electron chi connectivity index (χ2n) is 4.41. The molecular formula is C14H15N3O4. The Kier molecular flexibility index (Phi) is 4.22.